The van der Waals surface area contributed by atoms with Crippen LogP contribution in [0.1, 0.15) is 17.5 Å². The molecule has 0 aromatic heterocycles. The zero-order chi connectivity index (χ0) is 12.8. The number of carbonyl (C=O) groups excluding carboxylic acids is 1. The number of hydrogen-bond donors (Lipinski definition) is 2. The van der Waals surface area contributed by atoms with E-state index in [4.69, 9.17) is 10.5 Å². The Morgan fingerprint density at radius 1 is 1.53 bits per heavy atom. The van der Waals surface area contributed by atoms with Gasteiger partial charge in [0.05, 0.1) is 13.0 Å². The Balaban J connectivity index is 2.73. The van der Waals surface area contributed by atoms with Crippen molar-refractivity contribution in [2.75, 3.05) is 13.7 Å². The molecule has 0 saturated carbocycles. The number of carbonyl (C=O) groups is 1. The molecule has 1 aromatic carbocycles. The van der Waals surface area contributed by atoms with Crippen LogP contribution < -0.4 is 15.8 Å². The Kier molecular flexibility index (Phi) is 5.44. The van der Waals surface area contributed by atoms with Crippen LogP contribution in [0.25, 0.3) is 0 Å². The smallest absolute Gasteiger partial charge is 0.223 e. The molecule has 0 spiro atoms. The van der Waals surface area contributed by atoms with Crippen LogP contribution in [0.3, 0.4) is 0 Å². The van der Waals surface area contributed by atoms with Gasteiger partial charge in [-0.25, -0.2) is 0 Å². The summed E-state index contributed by atoms with van der Waals surface area (Å²) >= 11 is 3.42. The van der Waals surface area contributed by atoms with E-state index in [1.807, 2.05) is 19.1 Å². The van der Waals surface area contributed by atoms with E-state index in [-0.39, 0.29) is 5.91 Å². The van der Waals surface area contributed by atoms with Gasteiger partial charge in [-0.1, -0.05) is 15.9 Å². The van der Waals surface area contributed by atoms with Crippen LogP contribution >= 0.6 is 15.9 Å². The molecule has 0 unspecified atom stereocenters. The van der Waals surface area contributed by atoms with E-state index >= 15 is 0 Å². The number of nitrogens with two attached hydrogens (primary N) is 1. The van der Waals surface area contributed by atoms with Crippen molar-refractivity contribution in [3.63, 3.8) is 0 Å². The minimum Gasteiger partial charge on any atom is -0.492 e. The summed E-state index contributed by atoms with van der Waals surface area (Å²) < 4.78 is 6.61. The van der Waals surface area contributed by atoms with Gasteiger partial charge in [-0.15, -0.1) is 0 Å². The first kappa shape index (κ1) is 14.0. The largest absolute Gasteiger partial charge is 0.492 e. The van der Waals surface area contributed by atoms with Crippen molar-refractivity contribution in [3.05, 3.63) is 27.7 Å². The number of ether oxygens (including phenoxy) is 1. The first-order chi connectivity index (χ1) is 8.08. The molecule has 3 N–H and O–H groups in total. The summed E-state index contributed by atoms with van der Waals surface area (Å²) in [5.74, 6) is 0.744. The third-order valence-electron chi connectivity index (χ3n) is 2.39. The zero-order valence-corrected chi connectivity index (χ0v) is 11.6. The minimum absolute atomic E-state index is 0.0333. The molecule has 0 aliphatic carbocycles. The van der Waals surface area contributed by atoms with Crippen molar-refractivity contribution in [3.8, 4) is 5.75 Å². The molecule has 0 aliphatic heterocycles. The maximum absolute atomic E-state index is 11.1. The van der Waals surface area contributed by atoms with E-state index < -0.39 is 0 Å². The molecule has 5 heteroatoms. The van der Waals surface area contributed by atoms with Gasteiger partial charge in [-0.3, -0.25) is 4.79 Å². The van der Waals surface area contributed by atoms with Crippen LogP contribution in [0, 0.1) is 6.92 Å². The fourth-order valence-corrected chi connectivity index (χ4v) is 2.15. The summed E-state index contributed by atoms with van der Waals surface area (Å²) in [7, 11) is 1.61. The molecule has 1 aromatic rings. The van der Waals surface area contributed by atoms with Crippen LogP contribution in [-0.4, -0.2) is 19.6 Å². The number of aryl methyl sites for hydroxylation is 1. The van der Waals surface area contributed by atoms with Gasteiger partial charge >= 0.3 is 0 Å². The molecular weight excluding hydrogens is 284 g/mol. The topological polar surface area (TPSA) is 64.3 Å². The zero-order valence-electron chi connectivity index (χ0n) is 10.0. The average Bonchev–Trinajstić information content (AvgIpc) is 2.30. The number of halogens is 1. The van der Waals surface area contributed by atoms with Crippen LogP contribution in [-0.2, 0) is 11.3 Å². The number of amides is 1. The molecule has 4 nitrogen and oxygen atoms in total. The number of benzene rings is 1. The van der Waals surface area contributed by atoms with Gasteiger partial charge in [0.2, 0.25) is 5.91 Å². The second-order valence-corrected chi connectivity index (χ2v) is 4.60. The second kappa shape index (κ2) is 6.61. The van der Waals surface area contributed by atoms with Gasteiger partial charge < -0.3 is 15.8 Å². The van der Waals surface area contributed by atoms with Gasteiger partial charge in [0.15, 0.2) is 0 Å². The lowest BCUT2D eigenvalue weighted by Gasteiger charge is -2.13. The van der Waals surface area contributed by atoms with Gasteiger partial charge in [-0.05, 0) is 24.6 Å². The normalized spacial score (nSPS) is 10.1. The van der Waals surface area contributed by atoms with Crippen LogP contribution in [0.2, 0.25) is 0 Å². The highest BCUT2D eigenvalue weighted by Crippen LogP contribution is 2.27. The molecule has 94 valence electrons. The summed E-state index contributed by atoms with van der Waals surface area (Å²) in [6.07, 6.45) is 0.343. The van der Waals surface area contributed by atoms with Crippen LogP contribution in [0.4, 0.5) is 0 Å². The van der Waals surface area contributed by atoms with Crippen LogP contribution in [0.15, 0.2) is 16.6 Å². The minimum atomic E-state index is -0.0333. The Hall–Kier alpha value is -1.07. The maximum atomic E-state index is 11.1. The van der Waals surface area contributed by atoms with Gasteiger partial charge in [0, 0.05) is 23.6 Å². The van der Waals surface area contributed by atoms with Crippen molar-refractivity contribution in [2.24, 2.45) is 5.73 Å². The lowest BCUT2D eigenvalue weighted by Crippen LogP contribution is -2.20. The van der Waals surface area contributed by atoms with Crippen molar-refractivity contribution >= 4 is 21.8 Å². The second-order valence-electron chi connectivity index (χ2n) is 3.69. The van der Waals surface area contributed by atoms with Crippen molar-refractivity contribution in [1.29, 1.82) is 0 Å². The van der Waals surface area contributed by atoms with E-state index in [1.54, 1.807) is 7.05 Å². The lowest BCUT2D eigenvalue weighted by atomic mass is 10.1. The summed E-state index contributed by atoms with van der Waals surface area (Å²) in [4.78, 5) is 11.1. The molecule has 0 atom stereocenters. The number of nitrogens with one attached hydrogen (secondary N) is 1. The number of rotatable bonds is 5. The van der Waals surface area contributed by atoms with E-state index in [9.17, 15) is 4.79 Å². The molecule has 0 heterocycles. The summed E-state index contributed by atoms with van der Waals surface area (Å²) in [6.45, 7) is 2.73. The van der Waals surface area contributed by atoms with E-state index in [1.165, 1.54) is 0 Å². The third-order valence-corrected chi connectivity index (χ3v) is 2.85. The van der Waals surface area contributed by atoms with Crippen molar-refractivity contribution in [1.82, 2.24) is 5.32 Å². The Labute approximate surface area is 110 Å². The predicted molar refractivity (Wildman–Crippen MR) is 70.9 cm³/mol. The van der Waals surface area contributed by atoms with E-state index in [0.29, 0.717) is 19.6 Å². The summed E-state index contributed by atoms with van der Waals surface area (Å²) in [5, 5.41) is 2.55. The Bertz CT molecular complexity index is 408. The van der Waals surface area contributed by atoms with Crippen LogP contribution in [0.5, 0.6) is 5.75 Å². The summed E-state index contributed by atoms with van der Waals surface area (Å²) in [6, 6.07) is 3.90. The fraction of sp³-hybridized carbons (Fsp3) is 0.417. The van der Waals surface area contributed by atoms with E-state index in [2.05, 4.69) is 21.2 Å². The highest BCUT2D eigenvalue weighted by atomic mass is 79.9. The van der Waals surface area contributed by atoms with Gasteiger partial charge in [-0.2, -0.15) is 0 Å². The first-order valence-electron chi connectivity index (χ1n) is 5.41. The van der Waals surface area contributed by atoms with Crippen molar-refractivity contribution < 1.29 is 9.53 Å². The molecule has 0 fully saturated rings. The third kappa shape index (κ3) is 4.02. The molecule has 0 saturated heterocycles. The average molecular weight is 301 g/mol. The highest BCUT2D eigenvalue weighted by Gasteiger charge is 2.08. The van der Waals surface area contributed by atoms with Gasteiger partial charge in [0.25, 0.3) is 0 Å². The maximum Gasteiger partial charge on any atom is 0.223 e. The molecule has 1 rings (SSSR count). The Morgan fingerprint density at radius 3 is 2.82 bits per heavy atom. The quantitative estimate of drug-likeness (QED) is 0.870. The van der Waals surface area contributed by atoms with Crippen molar-refractivity contribution in [2.45, 2.75) is 19.9 Å². The molecular formula is C12H17BrN2O2. The molecule has 1 amide bonds. The molecule has 0 bridgehead atoms. The Morgan fingerprint density at radius 2 is 2.24 bits per heavy atom. The monoisotopic (exact) mass is 300 g/mol. The fourth-order valence-electron chi connectivity index (χ4n) is 1.53. The predicted octanol–water partition coefficient (Wildman–Crippen LogP) is 1.73. The summed E-state index contributed by atoms with van der Waals surface area (Å²) in [5.41, 5.74) is 7.62. The lowest BCUT2D eigenvalue weighted by molar-refractivity contribution is -0.121. The molecule has 0 radical (unpaired) electrons. The standard InChI is InChI=1S/C12H17BrN2O2/c1-8-5-10(13)6-9(7-14)12(8)17-4-3-11(16)15-2/h5-6H,3-4,7,14H2,1-2H3,(H,15,16). The SMILES string of the molecule is CNC(=O)CCOc1c(C)cc(Br)cc1CN. The molecule has 17 heavy (non-hydrogen) atoms. The first-order valence-corrected chi connectivity index (χ1v) is 6.20. The highest BCUT2D eigenvalue weighted by molar-refractivity contribution is 9.10. The molecule has 0 aliphatic rings. The van der Waals surface area contributed by atoms with E-state index in [0.717, 1.165) is 21.3 Å². The number of hydrogen-bond acceptors (Lipinski definition) is 3. The van der Waals surface area contributed by atoms with Gasteiger partial charge in [0.1, 0.15) is 5.75 Å².